The molecule has 2 aliphatic carbocycles. The van der Waals surface area contributed by atoms with Crippen molar-refractivity contribution in [2.24, 2.45) is 5.73 Å². The van der Waals surface area contributed by atoms with Gasteiger partial charge in [-0.25, -0.2) is 0 Å². The third kappa shape index (κ3) is 1.29. The van der Waals surface area contributed by atoms with Crippen molar-refractivity contribution in [1.82, 2.24) is 0 Å². The van der Waals surface area contributed by atoms with Crippen LogP contribution in [0.5, 0.6) is 0 Å². The summed E-state index contributed by atoms with van der Waals surface area (Å²) in [5.41, 5.74) is 7.32. The number of hydrogen-bond acceptors (Lipinski definition) is 1. The molecule has 3 atom stereocenters. The van der Waals surface area contributed by atoms with Gasteiger partial charge < -0.3 is 5.73 Å². The predicted octanol–water partition coefficient (Wildman–Crippen LogP) is 3.01. The van der Waals surface area contributed by atoms with Crippen molar-refractivity contribution in [2.45, 2.75) is 36.9 Å². The van der Waals surface area contributed by atoms with E-state index in [1.807, 2.05) is 0 Å². The van der Waals surface area contributed by atoms with Gasteiger partial charge in [-0.15, -0.1) is 0 Å². The molecule has 1 saturated carbocycles. The summed E-state index contributed by atoms with van der Waals surface area (Å²) in [6, 6.07) is 4.23. The van der Waals surface area contributed by atoms with Gasteiger partial charge in [-0.05, 0) is 47.9 Å². The lowest BCUT2D eigenvalue weighted by molar-refractivity contribution is -0.137. The molecule has 0 spiro atoms. The molecule has 4 heteroatoms. The summed E-state index contributed by atoms with van der Waals surface area (Å²) in [6.07, 6.45) is -2.48. The standard InChI is InChI=1S/C12H12F3N/c13-12(14,15)7-1-2-8-9(5-7)6-3-10(8)11(16)4-6/h1-2,5-6,10-11H,3-4,16H2/t6-,10-,11+/m1/s1. The maximum absolute atomic E-state index is 12.6. The normalized spacial score (nSPS) is 31.9. The SMILES string of the molecule is N[C@H]1C[C@H]2C[C@@H]1c1ccc(C(F)(F)F)cc12. The fourth-order valence-corrected chi connectivity index (χ4v) is 3.12. The van der Waals surface area contributed by atoms with Crippen LogP contribution in [0, 0.1) is 0 Å². The van der Waals surface area contributed by atoms with Gasteiger partial charge in [0.2, 0.25) is 0 Å². The van der Waals surface area contributed by atoms with Crippen LogP contribution in [0.4, 0.5) is 13.2 Å². The first-order chi connectivity index (χ1) is 7.47. The average molecular weight is 227 g/mol. The number of fused-ring (bicyclic) bond motifs is 5. The smallest absolute Gasteiger partial charge is 0.327 e. The topological polar surface area (TPSA) is 26.0 Å². The summed E-state index contributed by atoms with van der Waals surface area (Å²) in [7, 11) is 0. The molecule has 1 fully saturated rings. The van der Waals surface area contributed by atoms with E-state index in [4.69, 9.17) is 5.73 Å². The van der Waals surface area contributed by atoms with Gasteiger partial charge in [-0.1, -0.05) is 6.07 Å². The Kier molecular flexibility index (Phi) is 1.90. The van der Waals surface area contributed by atoms with Crippen LogP contribution in [0.15, 0.2) is 18.2 Å². The first-order valence-corrected chi connectivity index (χ1v) is 5.43. The van der Waals surface area contributed by atoms with Crippen LogP contribution < -0.4 is 5.73 Å². The molecule has 2 bridgehead atoms. The molecule has 0 aromatic heterocycles. The molecule has 0 heterocycles. The highest BCUT2D eigenvalue weighted by molar-refractivity contribution is 5.45. The zero-order valence-corrected chi connectivity index (χ0v) is 8.59. The lowest BCUT2D eigenvalue weighted by atomic mass is 9.87. The van der Waals surface area contributed by atoms with Gasteiger partial charge in [0.1, 0.15) is 0 Å². The van der Waals surface area contributed by atoms with Crippen molar-refractivity contribution in [3.63, 3.8) is 0 Å². The Morgan fingerprint density at radius 3 is 2.56 bits per heavy atom. The highest BCUT2D eigenvalue weighted by atomic mass is 19.4. The minimum Gasteiger partial charge on any atom is -0.327 e. The van der Waals surface area contributed by atoms with Crippen LogP contribution in [-0.2, 0) is 6.18 Å². The zero-order chi connectivity index (χ0) is 11.5. The quantitative estimate of drug-likeness (QED) is 0.724. The van der Waals surface area contributed by atoms with Crippen LogP contribution in [0.3, 0.4) is 0 Å². The van der Waals surface area contributed by atoms with E-state index in [1.54, 1.807) is 6.07 Å². The van der Waals surface area contributed by atoms with Crippen molar-refractivity contribution in [3.05, 3.63) is 34.9 Å². The highest BCUT2D eigenvalue weighted by Crippen LogP contribution is 2.53. The summed E-state index contributed by atoms with van der Waals surface area (Å²) < 4.78 is 37.7. The Balaban J connectivity index is 2.06. The second-order valence-corrected chi connectivity index (χ2v) is 4.78. The largest absolute Gasteiger partial charge is 0.416 e. The second kappa shape index (κ2) is 3.00. The Bertz CT molecular complexity index is 438. The molecule has 1 nitrogen and oxygen atoms in total. The maximum Gasteiger partial charge on any atom is 0.416 e. The van der Waals surface area contributed by atoms with Gasteiger partial charge in [0, 0.05) is 6.04 Å². The first kappa shape index (κ1) is 10.1. The summed E-state index contributed by atoms with van der Waals surface area (Å²) >= 11 is 0. The Hall–Kier alpha value is -1.03. The van der Waals surface area contributed by atoms with Gasteiger partial charge in [-0.2, -0.15) is 13.2 Å². The predicted molar refractivity (Wildman–Crippen MR) is 54.1 cm³/mol. The molecule has 0 amide bonds. The molecule has 1 aromatic carbocycles. The molecule has 0 radical (unpaired) electrons. The summed E-state index contributed by atoms with van der Waals surface area (Å²) in [5, 5.41) is 0. The lowest BCUT2D eigenvalue weighted by Crippen LogP contribution is -2.25. The van der Waals surface area contributed by atoms with Gasteiger partial charge >= 0.3 is 6.18 Å². The fraction of sp³-hybridized carbons (Fsp3) is 0.500. The van der Waals surface area contributed by atoms with E-state index in [1.165, 1.54) is 12.1 Å². The third-order valence-electron chi connectivity index (χ3n) is 3.87. The number of rotatable bonds is 0. The fourth-order valence-electron chi connectivity index (χ4n) is 3.12. The van der Waals surface area contributed by atoms with Crippen LogP contribution in [-0.4, -0.2) is 6.04 Å². The molecule has 0 unspecified atom stereocenters. The van der Waals surface area contributed by atoms with Crippen molar-refractivity contribution in [2.75, 3.05) is 0 Å². The molecule has 0 saturated heterocycles. The number of halogens is 3. The molecule has 0 aliphatic heterocycles. The minimum atomic E-state index is -4.24. The van der Waals surface area contributed by atoms with E-state index in [0.717, 1.165) is 24.0 Å². The first-order valence-electron chi connectivity index (χ1n) is 5.43. The van der Waals surface area contributed by atoms with E-state index in [9.17, 15) is 13.2 Å². The summed E-state index contributed by atoms with van der Waals surface area (Å²) in [6.45, 7) is 0. The van der Waals surface area contributed by atoms with Crippen LogP contribution >= 0.6 is 0 Å². The third-order valence-corrected chi connectivity index (χ3v) is 3.87. The van der Waals surface area contributed by atoms with Crippen molar-refractivity contribution >= 4 is 0 Å². The maximum atomic E-state index is 12.6. The Labute approximate surface area is 91.4 Å². The molecule has 16 heavy (non-hydrogen) atoms. The van der Waals surface area contributed by atoms with Gasteiger partial charge in [0.05, 0.1) is 5.56 Å². The van der Waals surface area contributed by atoms with Gasteiger partial charge in [-0.3, -0.25) is 0 Å². The molecule has 2 aliphatic rings. The van der Waals surface area contributed by atoms with Crippen LogP contribution in [0.25, 0.3) is 0 Å². The molecular formula is C12H12F3N. The molecule has 86 valence electrons. The van der Waals surface area contributed by atoms with Crippen LogP contribution in [0.2, 0.25) is 0 Å². The van der Waals surface area contributed by atoms with Crippen molar-refractivity contribution in [1.29, 1.82) is 0 Å². The van der Waals surface area contributed by atoms with Crippen molar-refractivity contribution < 1.29 is 13.2 Å². The minimum absolute atomic E-state index is 0.134. The lowest BCUT2D eigenvalue weighted by Gasteiger charge is -2.22. The molecular weight excluding hydrogens is 215 g/mol. The van der Waals surface area contributed by atoms with E-state index in [0.29, 0.717) is 0 Å². The van der Waals surface area contributed by atoms with Crippen LogP contribution in [0.1, 0.15) is 41.4 Å². The number of alkyl halides is 3. The number of hydrogen-bond donors (Lipinski definition) is 1. The van der Waals surface area contributed by atoms with Gasteiger partial charge in [0.15, 0.2) is 0 Å². The molecule has 3 rings (SSSR count). The molecule has 2 N–H and O–H groups in total. The summed E-state index contributed by atoms with van der Waals surface area (Å²) in [5.74, 6) is 0.527. The second-order valence-electron chi connectivity index (χ2n) is 4.78. The van der Waals surface area contributed by atoms with E-state index >= 15 is 0 Å². The Morgan fingerprint density at radius 1 is 1.12 bits per heavy atom. The van der Waals surface area contributed by atoms with Gasteiger partial charge in [0.25, 0.3) is 0 Å². The zero-order valence-electron chi connectivity index (χ0n) is 8.59. The summed E-state index contributed by atoms with van der Waals surface area (Å²) in [4.78, 5) is 0. The van der Waals surface area contributed by atoms with E-state index < -0.39 is 11.7 Å². The number of benzene rings is 1. The number of nitrogens with two attached hydrogens (primary N) is 1. The van der Waals surface area contributed by atoms with E-state index in [2.05, 4.69) is 0 Å². The van der Waals surface area contributed by atoms with Crippen molar-refractivity contribution in [3.8, 4) is 0 Å². The highest BCUT2D eigenvalue weighted by Gasteiger charge is 2.43. The monoisotopic (exact) mass is 227 g/mol. The average Bonchev–Trinajstić information content (AvgIpc) is 2.73. The Morgan fingerprint density at radius 2 is 1.88 bits per heavy atom. The van der Waals surface area contributed by atoms with E-state index in [-0.39, 0.29) is 17.9 Å². The molecule has 1 aromatic rings.